The molecule has 0 unspecified atom stereocenters. The molecule has 22 heavy (non-hydrogen) atoms. The molecule has 0 aliphatic carbocycles. The van der Waals surface area contributed by atoms with Gasteiger partial charge < -0.3 is 25.0 Å². The van der Waals surface area contributed by atoms with Crippen LogP contribution in [-0.2, 0) is 4.74 Å². The van der Waals surface area contributed by atoms with Crippen LogP contribution in [0, 0.1) is 11.6 Å². The van der Waals surface area contributed by atoms with Crippen molar-refractivity contribution in [2.45, 2.75) is 24.7 Å². The van der Waals surface area contributed by atoms with Gasteiger partial charge in [-0.3, -0.25) is 4.79 Å². The number of hydrogen-bond donors (Lipinski definition) is 3. The molecule has 1 fully saturated rings. The third-order valence-corrected chi connectivity index (χ3v) is 3.55. The van der Waals surface area contributed by atoms with Crippen LogP contribution in [0.1, 0.15) is 16.8 Å². The lowest BCUT2D eigenvalue weighted by molar-refractivity contribution is -0.107. The van der Waals surface area contributed by atoms with Crippen LogP contribution in [0.3, 0.4) is 0 Å². The molecule has 1 saturated heterocycles. The summed E-state index contributed by atoms with van der Waals surface area (Å²) in [5.41, 5.74) is -0.391. The Bertz CT molecular complexity index is 554. The average molecular weight is 317 g/mol. The Morgan fingerprint density at radius 2 is 2.23 bits per heavy atom. The van der Waals surface area contributed by atoms with E-state index in [2.05, 4.69) is 10.1 Å². The maximum atomic E-state index is 14.0. The second kappa shape index (κ2) is 6.99. The zero-order valence-corrected chi connectivity index (χ0v) is 11.9. The summed E-state index contributed by atoms with van der Waals surface area (Å²) < 4.78 is 37.1. The molecule has 1 aromatic rings. The number of ether oxygens (including phenoxy) is 2. The van der Waals surface area contributed by atoms with Gasteiger partial charge in [-0.2, -0.15) is 0 Å². The zero-order chi connectivity index (χ0) is 16.3. The molecule has 122 valence electrons. The molecule has 0 spiro atoms. The summed E-state index contributed by atoms with van der Waals surface area (Å²) in [6.07, 6.45) is -1.62. The number of amides is 1. The summed E-state index contributed by atoms with van der Waals surface area (Å²) in [5.74, 6) is -3.48. The third kappa shape index (κ3) is 3.18. The molecule has 0 aromatic heterocycles. The summed E-state index contributed by atoms with van der Waals surface area (Å²) in [5, 5.41) is 21.5. The molecule has 0 saturated carbocycles. The van der Waals surface area contributed by atoms with E-state index in [4.69, 9.17) is 9.84 Å². The van der Waals surface area contributed by atoms with Crippen molar-refractivity contribution in [2.24, 2.45) is 0 Å². The molecule has 8 heteroatoms. The molecule has 1 aliphatic heterocycles. The summed E-state index contributed by atoms with van der Waals surface area (Å²) in [4.78, 5) is 12.1. The Morgan fingerprint density at radius 1 is 1.50 bits per heavy atom. The quantitative estimate of drug-likeness (QED) is 0.739. The minimum absolute atomic E-state index is 0.239. The van der Waals surface area contributed by atoms with E-state index in [1.165, 1.54) is 0 Å². The number of aliphatic hydroxyl groups excluding tert-OH is 2. The van der Waals surface area contributed by atoms with Crippen LogP contribution in [0.4, 0.5) is 8.78 Å². The van der Waals surface area contributed by atoms with Gasteiger partial charge in [-0.15, -0.1) is 0 Å². The highest BCUT2D eigenvalue weighted by Crippen LogP contribution is 2.24. The number of carbonyl (C=O) groups is 1. The van der Waals surface area contributed by atoms with Gasteiger partial charge in [0.1, 0.15) is 12.2 Å². The average Bonchev–Trinajstić information content (AvgIpc) is 2.49. The monoisotopic (exact) mass is 317 g/mol. The maximum absolute atomic E-state index is 14.0. The third-order valence-electron chi connectivity index (χ3n) is 3.55. The van der Waals surface area contributed by atoms with E-state index in [9.17, 15) is 18.7 Å². The summed E-state index contributed by atoms with van der Waals surface area (Å²) >= 11 is 0. The number of benzene rings is 1. The lowest BCUT2D eigenvalue weighted by atomic mass is 9.99. The summed E-state index contributed by atoms with van der Waals surface area (Å²) in [6, 6.07) is 1.22. The fourth-order valence-electron chi connectivity index (χ4n) is 2.33. The second-order valence-electron chi connectivity index (χ2n) is 4.89. The highest BCUT2D eigenvalue weighted by molar-refractivity contribution is 5.95. The van der Waals surface area contributed by atoms with Gasteiger partial charge in [-0.05, 0) is 18.6 Å². The molecule has 3 atom stereocenters. The predicted octanol–water partition coefficient (Wildman–Crippen LogP) is 0.214. The fourth-order valence-corrected chi connectivity index (χ4v) is 2.33. The largest absolute Gasteiger partial charge is 0.491 e. The smallest absolute Gasteiger partial charge is 0.254 e. The Balaban J connectivity index is 2.16. The van der Waals surface area contributed by atoms with Crippen molar-refractivity contribution in [1.29, 1.82) is 0 Å². The van der Waals surface area contributed by atoms with Gasteiger partial charge in [0.2, 0.25) is 0 Å². The number of nitrogens with one attached hydrogen (secondary N) is 1. The number of aliphatic hydroxyl groups is 2. The van der Waals surface area contributed by atoms with Crippen molar-refractivity contribution >= 4 is 5.91 Å². The topological polar surface area (TPSA) is 88.0 Å². The summed E-state index contributed by atoms with van der Waals surface area (Å²) in [7, 11) is 1.09. The predicted molar refractivity (Wildman–Crippen MR) is 71.6 cm³/mol. The number of methoxy groups -OCH3 is 1. The van der Waals surface area contributed by atoms with Gasteiger partial charge >= 0.3 is 0 Å². The molecular formula is C14H17F2NO5. The first-order chi connectivity index (χ1) is 10.5. The first kappa shape index (κ1) is 16.6. The van der Waals surface area contributed by atoms with Crippen LogP contribution in [0.2, 0.25) is 0 Å². The van der Waals surface area contributed by atoms with Crippen molar-refractivity contribution in [1.82, 2.24) is 5.32 Å². The van der Waals surface area contributed by atoms with Crippen LogP contribution in [-0.4, -0.2) is 54.7 Å². The Morgan fingerprint density at radius 3 is 2.86 bits per heavy atom. The van der Waals surface area contributed by atoms with Crippen molar-refractivity contribution in [3.8, 4) is 5.75 Å². The van der Waals surface area contributed by atoms with E-state index in [1.54, 1.807) is 0 Å². The van der Waals surface area contributed by atoms with E-state index in [0.717, 1.165) is 19.2 Å². The van der Waals surface area contributed by atoms with Gasteiger partial charge in [0, 0.05) is 6.61 Å². The van der Waals surface area contributed by atoms with E-state index < -0.39 is 53.7 Å². The van der Waals surface area contributed by atoms with Crippen LogP contribution >= 0.6 is 0 Å². The first-order valence-corrected chi connectivity index (χ1v) is 6.73. The van der Waals surface area contributed by atoms with Crippen LogP contribution < -0.4 is 10.1 Å². The molecule has 1 aliphatic rings. The zero-order valence-electron chi connectivity index (χ0n) is 11.9. The molecule has 0 radical (unpaired) electrons. The lowest BCUT2D eigenvalue weighted by Crippen LogP contribution is -2.54. The van der Waals surface area contributed by atoms with Crippen LogP contribution in [0.5, 0.6) is 5.75 Å². The molecule has 2 rings (SSSR count). The molecule has 6 nitrogen and oxygen atoms in total. The number of carbonyl (C=O) groups excluding carboxylic acids is 1. The molecule has 1 heterocycles. The van der Waals surface area contributed by atoms with Crippen molar-refractivity contribution in [2.75, 3.05) is 20.3 Å². The number of hydrogen-bond acceptors (Lipinski definition) is 5. The van der Waals surface area contributed by atoms with E-state index in [-0.39, 0.29) is 6.61 Å². The van der Waals surface area contributed by atoms with E-state index in [0.29, 0.717) is 6.42 Å². The summed E-state index contributed by atoms with van der Waals surface area (Å²) in [6.45, 7) is -0.158. The molecule has 0 bridgehead atoms. The SMILES string of the molecule is COc1c(F)ccc(C(=O)N[C@H]2CCO[C@H](CO)[C@H]2O)c1F. The normalized spacial score (nSPS) is 24.9. The lowest BCUT2D eigenvalue weighted by Gasteiger charge is -2.34. The van der Waals surface area contributed by atoms with E-state index >= 15 is 0 Å². The molecular weight excluding hydrogens is 300 g/mol. The number of rotatable bonds is 4. The van der Waals surface area contributed by atoms with Crippen LogP contribution in [0.15, 0.2) is 12.1 Å². The van der Waals surface area contributed by atoms with Crippen molar-refractivity contribution in [3.05, 3.63) is 29.3 Å². The van der Waals surface area contributed by atoms with Gasteiger partial charge in [0.25, 0.3) is 5.91 Å². The van der Waals surface area contributed by atoms with Crippen molar-refractivity contribution < 1.29 is 33.3 Å². The Labute approximate surface area is 125 Å². The van der Waals surface area contributed by atoms with Gasteiger partial charge in [0.05, 0.1) is 25.3 Å². The van der Waals surface area contributed by atoms with Gasteiger partial charge in [-0.25, -0.2) is 8.78 Å². The van der Waals surface area contributed by atoms with Gasteiger partial charge in [0.15, 0.2) is 17.4 Å². The minimum Gasteiger partial charge on any atom is -0.491 e. The molecule has 1 aromatic carbocycles. The fraction of sp³-hybridized carbons (Fsp3) is 0.500. The number of halogens is 2. The maximum Gasteiger partial charge on any atom is 0.254 e. The first-order valence-electron chi connectivity index (χ1n) is 6.73. The van der Waals surface area contributed by atoms with E-state index in [1.807, 2.05) is 0 Å². The molecule has 3 N–H and O–H groups in total. The standard InChI is InChI=1S/C14H17F2NO5/c1-21-13-8(15)3-2-7(11(13)16)14(20)17-9-4-5-22-10(6-18)12(9)19/h2-3,9-10,12,18-19H,4-6H2,1H3,(H,17,20)/t9-,10+,12-/m0/s1. The Hall–Kier alpha value is -1.77. The second-order valence-corrected chi connectivity index (χ2v) is 4.89. The minimum atomic E-state index is -1.12. The van der Waals surface area contributed by atoms with Crippen molar-refractivity contribution in [3.63, 3.8) is 0 Å². The molecule has 1 amide bonds. The van der Waals surface area contributed by atoms with Gasteiger partial charge in [-0.1, -0.05) is 0 Å². The van der Waals surface area contributed by atoms with Crippen LogP contribution in [0.25, 0.3) is 0 Å². The Kier molecular flexibility index (Phi) is 5.28. The highest BCUT2D eigenvalue weighted by Gasteiger charge is 2.34. The highest BCUT2D eigenvalue weighted by atomic mass is 19.1.